The van der Waals surface area contributed by atoms with Gasteiger partial charge in [0.1, 0.15) is 0 Å². The number of rotatable bonds is 1. The Hall–Kier alpha value is -1.25. The van der Waals surface area contributed by atoms with Crippen molar-refractivity contribution in [1.29, 1.82) is 0 Å². The molecule has 0 aliphatic heterocycles. The van der Waals surface area contributed by atoms with E-state index in [2.05, 4.69) is 4.57 Å². The Kier molecular flexibility index (Phi) is 2.80. The molecule has 1 aliphatic carbocycles. The monoisotopic (exact) mass is 207 g/mol. The summed E-state index contributed by atoms with van der Waals surface area (Å²) in [5.74, 6) is -0.133. The van der Waals surface area contributed by atoms with Gasteiger partial charge >= 0.3 is 0 Å². The number of hydrogen-bond acceptors (Lipinski definition) is 2. The first-order valence-corrected chi connectivity index (χ1v) is 5.60. The standard InChI is InChI=1S/C12H17NO2/c1-9-7-11(14)12(15)8-13(9)10-5-3-2-4-6-10/h7-8,10,15H,2-6H2,1H3. The van der Waals surface area contributed by atoms with Gasteiger partial charge in [0.2, 0.25) is 5.43 Å². The fourth-order valence-corrected chi connectivity index (χ4v) is 2.39. The van der Waals surface area contributed by atoms with Crippen molar-refractivity contribution in [3.05, 3.63) is 28.2 Å². The second kappa shape index (κ2) is 4.09. The third-order valence-corrected chi connectivity index (χ3v) is 3.23. The summed E-state index contributed by atoms with van der Waals surface area (Å²) >= 11 is 0. The van der Waals surface area contributed by atoms with Crippen molar-refractivity contribution in [2.24, 2.45) is 0 Å². The van der Waals surface area contributed by atoms with Crippen molar-refractivity contribution in [3.63, 3.8) is 0 Å². The first-order valence-electron chi connectivity index (χ1n) is 5.60. The molecular formula is C12H17NO2. The van der Waals surface area contributed by atoms with Crippen LogP contribution >= 0.6 is 0 Å². The van der Waals surface area contributed by atoms with Gasteiger partial charge in [0, 0.05) is 17.8 Å². The Bertz CT molecular complexity index is 403. The molecule has 1 aromatic rings. The zero-order chi connectivity index (χ0) is 10.8. The van der Waals surface area contributed by atoms with Crippen LogP contribution in [0.5, 0.6) is 5.75 Å². The lowest BCUT2D eigenvalue weighted by Crippen LogP contribution is -2.17. The van der Waals surface area contributed by atoms with Crippen LogP contribution in [0.3, 0.4) is 0 Å². The minimum Gasteiger partial charge on any atom is -0.503 e. The van der Waals surface area contributed by atoms with Crippen LogP contribution in [-0.2, 0) is 0 Å². The second-order valence-electron chi connectivity index (χ2n) is 4.36. The van der Waals surface area contributed by atoms with Crippen molar-refractivity contribution < 1.29 is 5.11 Å². The van der Waals surface area contributed by atoms with Crippen LogP contribution in [0.25, 0.3) is 0 Å². The molecule has 0 unspecified atom stereocenters. The normalized spacial score (nSPS) is 17.9. The zero-order valence-electron chi connectivity index (χ0n) is 9.07. The van der Waals surface area contributed by atoms with Gasteiger partial charge in [-0.1, -0.05) is 19.3 Å². The Morgan fingerprint density at radius 1 is 1.33 bits per heavy atom. The summed E-state index contributed by atoms with van der Waals surface area (Å²) < 4.78 is 2.05. The Morgan fingerprint density at radius 2 is 2.00 bits per heavy atom. The van der Waals surface area contributed by atoms with Crippen molar-refractivity contribution in [2.45, 2.75) is 45.1 Å². The first-order chi connectivity index (χ1) is 7.18. The summed E-state index contributed by atoms with van der Waals surface area (Å²) in [5, 5.41) is 9.42. The van der Waals surface area contributed by atoms with Gasteiger partial charge in [-0.3, -0.25) is 4.79 Å². The minimum atomic E-state index is -0.278. The molecule has 1 heterocycles. The number of aromatic hydroxyl groups is 1. The highest BCUT2D eigenvalue weighted by atomic mass is 16.3. The minimum absolute atomic E-state index is 0.133. The van der Waals surface area contributed by atoms with E-state index in [9.17, 15) is 9.90 Å². The molecule has 1 saturated carbocycles. The highest BCUT2D eigenvalue weighted by Gasteiger charge is 2.16. The molecule has 1 aliphatic rings. The lowest BCUT2D eigenvalue weighted by molar-refractivity contribution is 0.341. The summed E-state index contributed by atoms with van der Waals surface area (Å²) in [7, 11) is 0. The lowest BCUT2D eigenvalue weighted by Gasteiger charge is -2.26. The van der Waals surface area contributed by atoms with Gasteiger partial charge in [-0.2, -0.15) is 0 Å². The molecule has 3 nitrogen and oxygen atoms in total. The maximum Gasteiger partial charge on any atom is 0.223 e. The van der Waals surface area contributed by atoms with E-state index in [1.165, 1.54) is 25.3 Å². The van der Waals surface area contributed by atoms with Gasteiger partial charge < -0.3 is 9.67 Å². The zero-order valence-corrected chi connectivity index (χ0v) is 9.07. The maximum absolute atomic E-state index is 11.2. The van der Waals surface area contributed by atoms with E-state index in [4.69, 9.17) is 0 Å². The quantitative estimate of drug-likeness (QED) is 0.768. The topological polar surface area (TPSA) is 42.2 Å². The smallest absolute Gasteiger partial charge is 0.223 e. The molecule has 0 saturated heterocycles. The molecule has 1 N–H and O–H groups in total. The van der Waals surface area contributed by atoms with Gasteiger partial charge in [-0.05, 0) is 19.8 Å². The van der Waals surface area contributed by atoms with E-state index >= 15 is 0 Å². The third kappa shape index (κ3) is 2.06. The fourth-order valence-electron chi connectivity index (χ4n) is 2.39. The summed E-state index contributed by atoms with van der Waals surface area (Å²) in [6, 6.07) is 1.98. The lowest BCUT2D eigenvalue weighted by atomic mass is 9.95. The van der Waals surface area contributed by atoms with E-state index in [0.717, 1.165) is 18.5 Å². The second-order valence-corrected chi connectivity index (χ2v) is 4.36. The molecule has 0 atom stereocenters. The molecule has 15 heavy (non-hydrogen) atoms. The van der Waals surface area contributed by atoms with E-state index in [1.807, 2.05) is 6.92 Å². The molecule has 0 amide bonds. The largest absolute Gasteiger partial charge is 0.503 e. The number of hydrogen-bond donors (Lipinski definition) is 1. The summed E-state index contributed by atoms with van der Waals surface area (Å²) in [4.78, 5) is 11.2. The maximum atomic E-state index is 11.2. The summed E-state index contributed by atoms with van der Waals surface area (Å²) in [5.41, 5.74) is 0.671. The van der Waals surface area contributed by atoms with Crippen molar-refractivity contribution in [2.75, 3.05) is 0 Å². The molecule has 2 rings (SSSR count). The van der Waals surface area contributed by atoms with Crippen LogP contribution in [0.1, 0.15) is 43.8 Å². The van der Waals surface area contributed by atoms with Crippen LogP contribution < -0.4 is 5.43 Å². The first kappa shape index (κ1) is 10.3. The van der Waals surface area contributed by atoms with Crippen LogP contribution in [0.4, 0.5) is 0 Å². The van der Waals surface area contributed by atoms with Gasteiger partial charge in [0.15, 0.2) is 5.75 Å². The van der Waals surface area contributed by atoms with E-state index in [-0.39, 0.29) is 11.2 Å². The van der Waals surface area contributed by atoms with E-state index in [1.54, 1.807) is 6.20 Å². The van der Waals surface area contributed by atoms with Crippen LogP contribution in [0, 0.1) is 6.92 Å². The molecule has 0 bridgehead atoms. The van der Waals surface area contributed by atoms with E-state index in [0.29, 0.717) is 6.04 Å². The Balaban J connectivity index is 2.34. The van der Waals surface area contributed by atoms with Crippen molar-refractivity contribution in [1.82, 2.24) is 4.57 Å². The molecular weight excluding hydrogens is 190 g/mol. The molecule has 82 valence electrons. The highest BCUT2D eigenvalue weighted by molar-refractivity contribution is 5.20. The SMILES string of the molecule is Cc1cc(=O)c(O)cn1C1CCCCC1. The number of pyridine rings is 1. The summed E-state index contributed by atoms with van der Waals surface area (Å²) in [6.07, 6.45) is 7.70. The molecule has 0 aromatic carbocycles. The number of aryl methyl sites for hydroxylation is 1. The molecule has 0 radical (unpaired) electrons. The van der Waals surface area contributed by atoms with Crippen LogP contribution in [-0.4, -0.2) is 9.67 Å². The number of nitrogens with zero attached hydrogens (tertiary/aromatic N) is 1. The summed E-state index contributed by atoms with van der Waals surface area (Å²) in [6.45, 7) is 1.93. The van der Waals surface area contributed by atoms with Gasteiger partial charge in [-0.15, -0.1) is 0 Å². The number of aromatic nitrogens is 1. The molecule has 3 heteroatoms. The van der Waals surface area contributed by atoms with Gasteiger partial charge in [0.25, 0.3) is 0 Å². The van der Waals surface area contributed by atoms with Crippen LogP contribution in [0.2, 0.25) is 0 Å². The predicted octanol–water partition coefficient (Wildman–Crippen LogP) is 2.37. The third-order valence-electron chi connectivity index (χ3n) is 3.23. The average Bonchev–Trinajstić information content (AvgIpc) is 2.25. The van der Waals surface area contributed by atoms with Gasteiger partial charge in [-0.25, -0.2) is 0 Å². The van der Waals surface area contributed by atoms with E-state index < -0.39 is 0 Å². The molecule has 0 spiro atoms. The van der Waals surface area contributed by atoms with Crippen molar-refractivity contribution >= 4 is 0 Å². The predicted molar refractivity (Wildman–Crippen MR) is 59.2 cm³/mol. The fraction of sp³-hybridized carbons (Fsp3) is 0.583. The Labute approximate surface area is 89.4 Å². The van der Waals surface area contributed by atoms with Crippen molar-refractivity contribution in [3.8, 4) is 5.75 Å². The average molecular weight is 207 g/mol. The molecule has 1 fully saturated rings. The molecule has 1 aromatic heterocycles. The van der Waals surface area contributed by atoms with Crippen LogP contribution in [0.15, 0.2) is 17.1 Å². The highest BCUT2D eigenvalue weighted by Crippen LogP contribution is 2.29. The Morgan fingerprint density at radius 3 is 2.67 bits per heavy atom. The van der Waals surface area contributed by atoms with Gasteiger partial charge in [0.05, 0.1) is 6.20 Å².